The zero-order valence-electron chi connectivity index (χ0n) is 12.3. The van der Waals surface area contributed by atoms with Crippen LogP contribution in [-0.4, -0.2) is 33.4 Å². The van der Waals surface area contributed by atoms with Crippen molar-refractivity contribution in [2.45, 2.75) is 32.6 Å². The maximum absolute atomic E-state index is 5.68. The Kier molecular flexibility index (Phi) is 9.11. The minimum Gasteiger partial charge on any atom is -0.492 e. The van der Waals surface area contributed by atoms with Crippen LogP contribution in [0.3, 0.4) is 0 Å². The Hall–Kier alpha value is -1.06. The number of rotatable bonds is 11. The largest absolute Gasteiger partial charge is 0.492 e. The molecule has 1 aromatic rings. The van der Waals surface area contributed by atoms with E-state index in [4.69, 9.17) is 9.47 Å². The molecule has 0 radical (unpaired) electrons. The number of nitrogens with one attached hydrogen (secondary N) is 1. The molecule has 3 heteroatoms. The van der Waals surface area contributed by atoms with Gasteiger partial charge in [0.15, 0.2) is 0 Å². The Morgan fingerprint density at radius 1 is 1.00 bits per heavy atom. The summed E-state index contributed by atoms with van der Waals surface area (Å²) in [5.41, 5.74) is 1.28. The van der Waals surface area contributed by atoms with E-state index in [2.05, 4.69) is 24.4 Å². The molecule has 0 bridgehead atoms. The Morgan fingerprint density at radius 3 is 2.47 bits per heavy atom. The standard InChI is InChI=1S/C16H27NO2/c1-3-4-5-11-17-12-14-19-16-8-6-15(7-9-16)10-13-18-2/h6-9,17H,3-5,10-14H2,1-2H3. The predicted molar refractivity (Wildman–Crippen MR) is 79.9 cm³/mol. The van der Waals surface area contributed by atoms with E-state index >= 15 is 0 Å². The molecular weight excluding hydrogens is 238 g/mol. The molecular formula is C16H27NO2. The Morgan fingerprint density at radius 2 is 1.79 bits per heavy atom. The second kappa shape index (κ2) is 10.8. The van der Waals surface area contributed by atoms with Gasteiger partial charge in [0.2, 0.25) is 0 Å². The van der Waals surface area contributed by atoms with E-state index in [1.807, 2.05) is 12.1 Å². The fourth-order valence-corrected chi connectivity index (χ4v) is 1.84. The van der Waals surface area contributed by atoms with Crippen molar-refractivity contribution in [1.82, 2.24) is 5.32 Å². The molecule has 0 aromatic heterocycles. The molecule has 0 aliphatic carbocycles. The molecule has 1 rings (SSSR count). The number of ether oxygens (including phenoxy) is 2. The third kappa shape index (κ3) is 7.85. The van der Waals surface area contributed by atoms with E-state index in [1.165, 1.54) is 24.8 Å². The highest BCUT2D eigenvalue weighted by atomic mass is 16.5. The molecule has 0 atom stereocenters. The summed E-state index contributed by atoms with van der Waals surface area (Å²) < 4.78 is 10.7. The van der Waals surface area contributed by atoms with Crippen LogP contribution in [0.25, 0.3) is 0 Å². The summed E-state index contributed by atoms with van der Waals surface area (Å²) in [6.45, 7) is 5.72. The van der Waals surface area contributed by atoms with Gasteiger partial charge < -0.3 is 14.8 Å². The first kappa shape index (κ1) is 16.0. The molecule has 0 fully saturated rings. The molecule has 0 heterocycles. The fraction of sp³-hybridized carbons (Fsp3) is 0.625. The van der Waals surface area contributed by atoms with Crippen LogP contribution in [0, 0.1) is 0 Å². The van der Waals surface area contributed by atoms with E-state index in [0.29, 0.717) is 0 Å². The van der Waals surface area contributed by atoms with Gasteiger partial charge >= 0.3 is 0 Å². The van der Waals surface area contributed by atoms with Gasteiger partial charge in [-0.3, -0.25) is 0 Å². The molecule has 0 aliphatic heterocycles. The lowest BCUT2D eigenvalue weighted by Gasteiger charge is -2.08. The molecule has 3 nitrogen and oxygen atoms in total. The molecule has 0 saturated carbocycles. The molecule has 0 aliphatic rings. The van der Waals surface area contributed by atoms with Crippen LogP contribution in [0.4, 0.5) is 0 Å². The highest BCUT2D eigenvalue weighted by Gasteiger charge is 1.96. The Labute approximate surface area is 117 Å². The van der Waals surface area contributed by atoms with Crippen LogP contribution in [0.2, 0.25) is 0 Å². The molecule has 0 spiro atoms. The highest BCUT2D eigenvalue weighted by molar-refractivity contribution is 5.27. The van der Waals surface area contributed by atoms with Gasteiger partial charge in [-0.2, -0.15) is 0 Å². The molecule has 19 heavy (non-hydrogen) atoms. The van der Waals surface area contributed by atoms with Crippen molar-refractivity contribution in [1.29, 1.82) is 0 Å². The zero-order valence-corrected chi connectivity index (χ0v) is 12.3. The molecule has 0 saturated heterocycles. The van der Waals surface area contributed by atoms with Gasteiger partial charge in [-0.1, -0.05) is 31.9 Å². The van der Waals surface area contributed by atoms with Crippen LogP contribution in [0.1, 0.15) is 31.7 Å². The first-order valence-corrected chi connectivity index (χ1v) is 7.28. The normalized spacial score (nSPS) is 10.6. The predicted octanol–water partition coefficient (Wildman–Crippen LogP) is 3.03. The first-order valence-electron chi connectivity index (χ1n) is 7.28. The topological polar surface area (TPSA) is 30.5 Å². The van der Waals surface area contributed by atoms with E-state index in [1.54, 1.807) is 7.11 Å². The minimum absolute atomic E-state index is 0.726. The first-order chi connectivity index (χ1) is 9.36. The van der Waals surface area contributed by atoms with Crippen molar-refractivity contribution in [2.75, 3.05) is 33.4 Å². The zero-order chi connectivity index (χ0) is 13.8. The maximum Gasteiger partial charge on any atom is 0.119 e. The van der Waals surface area contributed by atoms with Gasteiger partial charge in [0.25, 0.3) is 0 Å². The fourth-order valence-electron chi connectivity index (χ4n) is 1.84. The van der Waals surface area contributed by atoms with Crippen LogP contribution in [-0.2, 0) is 11.2 Å². The number of methoxy groups -OCH3 is 1. The van der Waals surface area contributed by atoms with E-state index in [-0.39, 0.29) is 0 Å². The van der Waals surface area contributed by atoms with E-state index in [9.17, 15) is 0 Å². The van der Waals surface area contributed by atoms with Crippen LogP contribution in [0.5, 0.6) is 5.75 Å². The number of hydrogen-bond acceptors (Lipinski definition) is 3. The van der Waals surface area contributed by atoms with Gasteiger partial charge in [-0.05, 0) is 37.1 Å². The van der Waals surface area contributed by atoms with Crippen molar-refractivity contribution in [3.63, 3.8) is 0 Å². The molecule has 0 amide bonds. The van der Waals surface area contributed by atoms with Crippen molar-refractivity contribution in [2.24, 2.45) is 0 Å². The number of unbranched alkanes of at least 4 members (excludes halogenated alkanes) is 2. The average Bonchev–Trinajstić information content (AvgIpc) is 2.45. The number of hydrogen-bond donors (Lipinski definition) is 1. The van der Waals surface area contributed by atoms with Gasteiger partial charge in [0, 0.05) is 13.7 Å². The molecule has 1 N–H and O–H groups in total. The summed E-state index contributed by atoms with van der Waals surface area (Å²) in [7, 11) is 1.73. The summed E-state index contributed by atoms with van der Waals surface area (Å²) in [6, 6.07) is 8.26. The lowest BCUT2D eigenvalue weighted by atomic mass is 10.1. The van der Waals surface area contributed by atoms with Crippen LogP contribution >= 0.6 is 0 Å². The lowest BCUT2D eigenvalue weighted by Crippen LogP contribution is -2.22. The molecule has 1 aromatic carbocycles. The summed E-state index contributed by atoms with van der Waals surface area (Å²) >= 11 is 0. The SMILES string of the molecule is CCCCCNCCOc1ccc(CCOC)cc1. The van der Waals surface area contributed by atoms with Crippen molar-refractivity contribution in [3.05, 3.63) is 29.8 Å². The monoisotopic (exact) mass is 265 g/mol. The average molecular weight is 265 g/mol. The van der Waals surface area contributed by atoms with Crippen molar-refractivity contribution in [3.8, 4) is 5.75 Å². The maximum atomic E-state index is 5.68. The minimum atomic E-state index is 0.726. The van der Waals surface area contributed by atoms with Gasteiger partial charge in [0.05, 0.1) is 6.61 Å². The Balaban J connectivity index is 2.09. The number of benzene rings is 1. The van der Waals surface area contributed by atoms with Crippen molar-refractivity contribution < 1.29 is 9.47 Å². The van der Waals surface area contributed by atoms with E-state index in [0.717, 1.165) is 38.5 Å². The smallest absolute Gasteiger partial charge is 0.119 e. The second-order valence-corrected chi connectivity index (χ2v) is 4.69. The third-order valence-electron chi connectivity index (χ3n) is 3.02. The van der Waals surface area contributed by atoms with Gasteiger partial charge in [0.1, 0.15) is 12.4 Å². The van der Waals surface area contributed by atoms with Crippen LogP contribution in [0.15, 0.2) is 24.3 Å². The third-order valence-corrected chi connectivity index (χ3v) is 3.02. The second-order valence-electron chi connectivity index (χ2n) is 4.69. The summed E-state index contributed by atoms with van der Waals surface area (Å²) in [6.07, 6.45) is 4.78. The lowest BCUT2D eigenvalue weighted by molar-refractivity contribution is 0.202. The highest BCUT2D eigenvalue weighted by Crippen LogP contribution is 2.12. The van der Waals surface area contributed by atoms with Gasteiger partial charge in [-0.25, -0.2) is 0 Å². The summed E-state index contributed by atoms with van der Waals surface area (Å²) in [4.78, 5) is 0. The van der Waals surface area contributed by atoms with E-state index < -0.39 is 0 Å². The molecule has 0 unspecified atom stereocenters. The summed E-state index contributed by atoms with van der Waals surface area (Å²) in [5.74, 6) is 0.941. The summed E-state index contributed by atoms with van der Waals surface area (Å²) in [5, 5.41) is 3.39. The molecule has 108 valence electrons. The Bertz CT molecular complexity index is 311. The van der Waals surface area contributed by atoms with Gasteiger partial charge in [-0.15, -0.1) is 0 Å². The quantitative estimate of drug-likeness (QED) is 0.624. The van der Waals surface area contributed by atoms with Crippen LogP contribution < -0.4 is 10.1 Å². The van der Waals surface area contributed by atoms with Crippen molar-refractivity contribution >= 4 is 0 Å².